The second kappa shape index (κ2) is 6.85. The number of nitrogens with zero attached hydrogens (tertiary/aromatic N) is 2. The molecule has 1 aromatic carbocycles. The Morgan fingerprint density at radius 2 is 2.04 bits per heavy atom. The van der Waals surface area contributed by atoms with Gasteiger partial charge in [0, 0.05) is 25.0 Å². The molecule has 8 heteroatoms. The third kappa shape index (κ3) is 2.98. The zero-order valence-corrected chi connectivity index (χ0v) is 15.9. The van der Waals surface area contributed by atoms with Crippen molar-refractivity contribution in [2.75, 3.05) is 25.5 Å². The van der Waals surface area contributed by atoms with Gasteiger partial charge in [-0.15, -0.1) is 0 Å². The molecule has 4 rings (SSSR count). The zero-order chi connectivity index (χ0) is 19.9. The summed E-state index contributed by atoms with van der Waals surface area (Å²) < 4.78 is 20.5. The smallest absolute Gasteiger partial charge is 0.328 e. The molecule has 2 aromatic rings. The summed E-state index contributed by atoms with van der Waals surface area (Å²) >= 11 is 0. The Hall–Kier alpha value is -3.03. The fourth-order valence-electron chi connectivity index (χ4n) is 4.11. The molecule has 1 fully saturated rings. The van der Waals surface area contributed by atoms with E-state index in [0.717, 1.165) is 17.1 Å². The highest BCUT2D eigenvalue weighted by Crippen LogP contribution is 2.43. The summed E-state index contributed by atoms with van der Waals surface area (Å²) in [4.78, 5) is 25.7. The lowest BCUT2D eigenvalue weighted by Crippen LogP contribution is -2.54. The van der Waals surface area contributed by atoms with Crippen molar-refractivity contribution in [3.63, 3.8) is 0 Å². The summed E-state index contributed by atoms with van der Waals surface area (Å²) in [7, 11) is 1.29. The summed E-state index contributed by atoms with van der Waals surface area (Å²) in [5.41, 5.74) is 2.41. The molecule has 0 saturated carbocycles. The number of aromatic nitrogens is 1. The number of methoxy groups -OCH3 is 1. The molecular weight excluding hydrogens is 363 g/mol. The number of benzene rings is 1. The van der Waals surface area contributed by atoms with Crippen LogP contribution in [0.3, 0.4) is 0 Å². The van der Waals surface area contributed by atoms with E-state index in [1.165, 1.54) is 19.2 Å². The minimum Gasteiger partial charge on any atom is -0.467 e. The molecule has 2 amide bonds. The highest BCUT2D eigenvalue weighted by Gasteiger charge is 2.42. The zero-order valence-electron chi connectivity index (χ0n) is 15.9. The third-order valence-electron chi connectivity index (χ3n) is 5.63. The average Bonchev–Trinajstić information content (AvgIpc) is 3.18. The minimum absolute atomic E-state index is 0.286. The summed E-state index contributed by atoms with van der Waals surface area (Å²) in [5.74, 6) is -0.766. The second-order valence-electron chi connectivity index (χ2n) is 7.31. The second-order valence-corrected chi connectivity index (χ2v) is 7.31. The number of ether oxygens (including phenoxy) is 1. The Labute approximate surface area is 162 Å². The molecular formula is C20H23FN4O3. The number of amides is 2. The van der Waals surface area contributed by atoms with Gasteiger partial charge in [0.05, 0.1) is 24.0 Å². The maximum atomic E-state index is 13.8. The summed E-state index contributed by atoms with van der Waals surface area (Å²) in [5, 5.41) is 6.20. The van der Waals surface area contributed by atoms with Crippen molar-refractivity contribution in [1.82, 2.24) is 14.8 Å². The fourth-order valence-corrected chi connectivity index (χ4v) is 4.11. The number of fused-ring (bicyclic) bond motifs is 4. The van der Waals surface area contributed by atoms with Crippen molar-refractivity contribution in [2.45, 2.75) is 31.3 Å². The normalized spacial score (nSPS) is 17.9. The maximum absolute atomic E-state index is 13.8. The Balaban J connectivity index is 1.52. The molecule has 1 spiro atoms. The number of rotatable bonds is 2. The number of carbonyl (C=O) groups excluding carboxylic acids is 2. The van der Waals surface area contributed by atoms with Gasteiger partial charge in [-0.3, -0.25) is 0 Å². The van der Waals surface area contributed by atoms with Crippen molar-refractivity contribution in [2.24, 2.45) is 0 Å². The molecule has 2 N–H and O–H groups in total. The van der Waals surface area contributed by atoms with Crippen LogP contribution in [0.5, 0.6) is 0 Å². The number of nitrogens with one attached hydrogen (secondary N) is 2. The molecule has 3 heterocycles. The number of esters is 1. The fraction of sp³-hybridized carbons (Fsp3) is 0.400. The number of urea groups is 1. The van der Waals surface area contributed by atoms with Crippen LogP contribution in [0.25, 0.3) is 5.69 Å². The number of anilines is 1. The summed E-state index contributed by atoms with van der Waals surface area (Å²) in [6.45, 7) is 2.63. The van der Waals surface area contributed by atoms with Crippen LogP contribution in [0.2, 0.25) is 0 Å². The van der Waals surface area contributed by atoms with Crippen LogP contribution in [0, 0.1) is 5.82 Å². The van der Waals surface area contributed by atoms with Crippen molar-refractivity contribution in [1.29, 1.82) is 0 Å². The van der Waals surface area contributed by atoms with Crippen molar-refractivity contribution >= 4 is 17.7 Å². The Morgan fingerprint density at radius 1 is 1.29 bits per heavy atom. The van der Waals surface area contributed by atoms with Gasteiger partial charge in [0.15, 0.2) is 0 Å². The van der Waals surface area contributed by atoms with E-state index in [2.05, 4.69) is 26.0 Å². The molecule has 0 unspecified atom stereocenters. The number of hydrogen-bond acceptors (Lipinski definition) is 4. The van der Waals surface area contributed by atoms with Crippen molar-refractivity contribution in [3.8, 4) is 5.69 Å². The number of piperidine rings is 1. The van der Waals surface area contributed by atoms with Gasteiger partial charge in [0.25, 0.3) is 0 Å². The van der Waals surface area contributed by atoms with Crippen LogP contribution < -0.4 is 10.6 Å². The van der Waals surface area contributed by atoms with E-state index in [4.69, 9.17) is 0 Å². The number of carbonyl (C=O) groups is 2. The Morgan fingerprint density at radius 3 is 2.75 bits per heavy atom. The molecule has 148 valence electrons. The van der Waals surface area contributed by atoms with Gasteiger partial charge in [-0.25, -0.2) is 14.0 Å². The lowest BCUT2D eigenvalue weighted by Gasteiger charge is -2.46. The van der Waals surface area contributed by atoms with Crippen LogP contribution in [-0.2, 0) is 15.1 Å². The minimum atomic E-state index is -0.701. The molecule has 0 bridgehead atoms. The lowest BCUT2D eigenvalue weighted by atomic mass is 9.82. The molecule has 1 saturated heterocycles. The van der Waals surface area contributed by atoms with Gasteiger partial charge < -0.3 is 24.8 Å². The van der Waals surface area contributed by atoms with Gasteiger partial charge in [-0.1, -0.05) is 0 Å². The van der Waals surface area contributed by atoms with E-state index in [1.807, 2.05) is 12.3 Å². The van der Waals surface area contributed by atoms with Crippen LogP contribution in [-0.4, -0.2) is 47.7 Å². The maximum Gasteiger partial charge on any atom is 0.328 e. The Kier molecular flexibility index (Phi) is 4.49. The first-order chi connectivity index (χ1) is 13.4. The summed E-state index contributed by atoms with van der Waals surface area (Å²) in [6.07, 6.45) is 3.33. The number of halogens is 1. The largest absolute Gasteiger partial charge is 0.467 e. The van der Waals surface area contributed by atoms with E-state index < -0.39 is 12.0 Å². The average molecular weight is 386 g/mol. The van der Waals surface area contributed by atoms with Gasteiger partial charge in [-0.2, -0.15) is 0 Å². The lowest BCUT2D eigenvalue weighted by molar-refractivity contribution is -0.142. The van der Waals surface area contributed by atoms with E-state index in [0.29, 0.717) is 25.9 Å². The van der Waals surface area contributed by atoms with Crippen molar-refractivity contribution < 1.29 is 18.7 Å². The first-order valence-electron chi connectivity index (χ1n) is 9.33. The molecule has 1 atom stereocenters. The van der Waals surface area contributed by atoms with Gasteiger partial charge in [0.1, 0.15) is 11.9 Å². The third-order valence-corrected chi connectivity index (χ3v) is 5.63. The molecule has 0 aliphatic carbocycles. The molecule has 2 aliphatic rings. The van der Waals surface area contributed by atoms with Crippen LogP contribution in [0.15, 0.2) is 36.5 Å². The number of hydrogen-bond donors (Lipinski definition) is 2. The highest BCUT2D eigenvalue weighted by molar-refractivity contribution is 5.83. The molecule has 2 aliphatic heterocycles. The SMILES string of the molecule is COC(=O)[C@@H](C)NC(=O)N1CCC2(CC1)Nc1cc(F)ccc1-n1cccc12. The van der Waals surface area contributed by atoms with Crippen LogP contribution >= 0.6 is 0 Å². The van der Waals surface area contributed by atoms with Crippen molar-refractivity contribution in [3.05, 3.63) is 48.0 Å². The number of likely N-dealkylation sites (tertiary alicyclic amines) is 1. The van der Waals surface area contributed by atoms with Crippen LogP contribution in [0.1, 0.15) is 25.5 Å². The van der Waals surface area contributed by atoms with Gasteiger partial charge in [-0.05, 0) is 50.1 Å². The van der Waals surface area contributed by atoms with E-state index in [9.17, 15) is 14.0 Å². The van der Waals surface area contributed by atoms with Crippen LogP contribution in [0.4, 0.5) is 14.9 Å². The first kappa shape index (κ1) is 18.3. The van der Waals surface area contributed by atoms with E-state index in [1.54, 1.807) is 17.9 Å². The highest BCUT2D eigenvalue weighted by atomic mass is 19.1. The molecule has 28 heavy (non-hydrogen) atoms. The Bertz CT molecular complexity index is 918. The molecule has 0 radical (unpaired) electrons. The standard InChI is InChI=1S/C20H23FN4O3/c1-13(18(26)28-2)22-19(27)24-10-7-20(8-11-24)17-4-3-9-25(17)16-6-5-14(21)12-15(16)23-20/h3-6,9,12-13,23H,7-8,10-11H2,1-2H3,(H,22,27)/t13-/m1/s1. The quantitative estimate of drug-likeness (QED) is 0.778. The predicted molar refractivity (Wildman–Crippen MR) is 102 cm³/mol. The van der Waals surface area contributed by atoms with E-state index in [-0.39, 0.29) is 17.4 Å². The monoisotopic (exact) mass is 386 g/mol. The molecule has 1 aromatic heterocycles. The molecule has 7 nitrogen and oxygen atoms in total. The van der Waals surface area contributed by atoms with Gasteiger partial charge >= 0.3 is 12.0 Å². The van der Waals surface area contributed by atoms with Gasteiger partial charge in [0.2, 0.25) is 0 Å². The first-order valence-corrected chi connectivity index (χ1v) is 9.33. The predicted octanol–water partition coefficient (Wildman–Crippen LogP) is 2.60. The van der Waals surface area contributed by atoms with E-state index >= 15 is 0 Å². The topological polar surface area (TPSA) is 75.6 Å². The summed E-state index contributed by atoms with van der Waals surface area (Å²) in [6, 6.07) is 7.79.